The standard InChI is InChI=1S/C21H24N4O2S/c1-15-8-9-19(28-15)14-25-21(22-2)24-12-16-5-3-6-17(11-16)20(26)23-13-18-7-4-10-27-18/h3-11H,12-14H2,1-2H3,(H,23,26)(H2,22,24,25). The van der Waals surface area contributed by atoms with E-state index < -0.39 is 0 Å². The summed E-state index contributed by atoms with van der Waals surface area (Å²) in [5.74, 6) is 1.31. The maximum atomic E-state index is 12.3. The van der Waals surface area contributed by atoms with E-state index in [2.05, 4.69) is 40.0 Å². The number of aliphatic imine (C=N–C) groups is 1. The number of hydrogen-bond donors (Lipinski definition) is 3. The second kappa shape index (κ2) is 9.75. The van der Waals surface area contributed by atoms with Gasteiger partial charge in [0.1, 0.15) is 5.76 Å². The first-order valence-electron chi connectivity index (χ1n) is 9.03. The lowest BCUT2D eigenvalue weighted by molar-refractivity contribution is 0.0948. The summed E-state index contributed by atoms with van der Waals surface area (Å²) in [7, 11) is 1.74. The third kappa shape index (κ3) is 5.72. The zero-order chi connectivity index (χ0) is 19.8. The molecule has 0 unspecified atom stereocenters. The van der Waals surface area contributed by atoms with Crippen LogP contribution < -0.4 is 16.0 Å². The molecule has 0 radical (unpaired) electrons. The SMILES string of the molecule is CN=C(NCc1cccc(C(=O)NCc2ccco2)c1)NCc1ccc(C)s1. The molecule has 146 valence electrons. The topological polar surface area (TPSA) is 78.7 Å². The Bertz CT molecular complexity index is 932. The minimum Gasteiger partial charge on any atom is -0.467 e. The number of benzene rings is 1. The zero-order valence-corrected chi connectivity index (χ0v) is 16.8. The van der Waals surface area contributed by atoms with E-state index in [9.17, 15) is 4.79 Å². The number of nitrogens with one attached hydrogen (secondary N) is 3. The van der Waals surface area contributed by atoms with E-state index in [1.807, 2.05) is 24.3 Å². The van der Waals surface area contributed by atoms with Gasteiger partial charge in [-0.3, -0.25) is 9.79 Å². The van der Waals surface area contributed by atoms with Crippen molar-refractivity contribution in [1.82, 2.24) is 16.0 Å². The summed E-state index contributed by atoms with van der Waals surface area (Å²) in [5, 5.41) is 9.44. The summed E-state index contributed by atoms with van der Waals surface area (Å²) in [6, 6.07) is 15.4. The molecule has 0 aliphatic rings. The van der Waals surface area contributed by atoms with Gasteiger partial charge in [0, 0.05) is 28.9 Å². The summed E-state index contributed by atoms with van der Waals surface area (Å²) < 4.78 is 5.23. The molecule has 28 heavy (non-hydrogen) atoms. The minimum atomic E-state index is -0.131. The normalized spacial score (nSPS) is 11.3. The van der Waals surface area contributed by atoms with Crippen LogP contribution in [-0.2, 0) is 19.6 Å². The van der Waals surface area contributed by atoms with Crippen LogP contribution in [-0.4, -0.2) is 18.9 Å². The number of carbonyl (C=O) groups is 1. The second-order valence-corrected chi connectivity index (χ2v) is 7.63. The number of nitrogens with zero attached hydrogens (tertiary/aromatic N) is 1. The van der Waals surface area contributed by atoms with Crippen LogP contribution in [0, 0.1) is 6.92 Å². The van der Waals surface area contributed by atoms with Crippen LogP contribution in [0.4, 0.5) is 0 Å². The highest BCUT2D eigenvalue weighted by molar-refractivity contribution is 7.11. The van der Waals surface area contributed by atoms with Gasteiger partial charge in [-0.05, 0) is 48.9 Å². The molecule has 3 rings (SSSR count). The Morgan fingerprint density at radius 2 is 1.89 bits per heavy atom. The molecule has 0 bridgehead atoms. The van der Waals surface area contributed by atoms with Crippen molar-refractivity contribution in [3.05, 3.63) is 81.4 Å². The molecule has 0 saturated carbocycles. The summed E-state index contributed by atoms with van der Waals surface area (Å²) in [6.45, 7) is 3.77. The van der Waals surface area contributed by atoms with E-state index in [1.54, 1.807) is 36.8 Å². The molecule has 0 spiro atoms. The lowest BCUT2D eigenvalue weighted by Crippen LogP contribution is -2.36. The summed E-state index contributed by atoms with van der Waals surface area (Å²) in [5.41, 5.74) is 1.61. The Hall–Kier alpha value is -3.06. The first-order valence-corrected chi connectivity index (χ1v) is 9.85. The third-order valence-corrected chi connectivity index (χ3v) is 5.10. The van der Waals surface area contributed by atoms with E-state index in [-0.39, 0.29) is 5.91 Å². The highest BCUT2D eigenvalue weighted by Crippen LogP contribution is 2.14. The smallest absolute Gasteiger partial charge is 0.251 e. The van der Waals surface area contributed by atoms with Gasteiger partial charge in [-0.25, -0.2) is 0 Å². The second-order valence-electron chi connectivity index (χ2n) is 6.25. The molecule has 2 heterocycles. The van der Waals surface area contributed by atoms with Gasteiger partial charge in [0.25, 0.3) is 5.91 Å². The molecule has 0 fully saturated rings. The van der Waals surface area contributed by atoms with E-state index in [4.69, 9.17) is 4.42 Å². The Morgan fingerprint density at radius 3 is 2.61 bits per heavy atom. The van der Waals surface area contributed by atoms with Gasteiger partial charge in [0.05, 0.1) is 19.4 Å². The average Bonchev–Trinajstić information content (AvgIpc) is 3.38. The number of thiophene rings is 1. The van der Waals surface area contributed by atoms with Crippen LogP contribution >= 0.6 is 11.3 Å². The molecule has 0 aliphatic heterocycles. The van der Waals surface area contributed by atoms with Gasteiger partial charge in [-0.2, -0.15) is 0 Å². The lowest BCUT2D eigenvalue weighted by atomic mass is 10.1. The Kier molecular flexibility index (Phi) is 6.86. The molecule has 1 aromatic carbocycles. The predicted octanol–water partition coefficient (Wildman–Crippen LogP) is 3.44. The van der Waals surface area contributed by atoms with E-state index in [0.29, 0.717) is 18.7 Å². The fourth-order valence-electron chi connectivity index (χ4n) is 2.66. The lowest BCUT2D eigenvalue weighted by Gasteiger charge is -2.12. The quantitative estimate of drug-likeness (QED) is 0.422. The van der Waals surface area contributed by atoms with Crippen molar-refractivity contribution in [2.24, 2.45) is 4.99 Å². The minimum absolute atomic E-state index is 0.131. The molecule has 3 N–H and O–H groups in total. The molecule has 2 aromatic heterocycles. The van der Waals surface area contributed by atoms with Crippen molar-refractivity contribution in [1.29, 1.82) is 0 Å². The molecule has 0 aliphatic carbocycles. The Balaban J connectivity index is 1.50. The van der Waals surface area contributed by atoms with E-state index in [1.165, 1.54) is 9.75 Å². The number of guanidine groups is 1. The van der Waals surface area contributed by atoms with Gasteiger partial charge < -0.3 is 20.4 Å². The van der Waals surface area contributed by atoms with Crippen LogP contribution in [0.2, 0.25) is 0 Å². The number of rotatable bonds is 7. The van der Waals surface area contributed by atoms with Crippen molar-refractivity contribution in [2.45, 2.75) is 26.6 Å². The van der Waals surface area contributed by atoms with Crippen molar-refractivity contribution < 1.29 is 9.21 Å². The summed E-state index contributed by atoms with van der Waals surface area (Å²) in [4.78, 5) is 19.1. The van der Waals surface area contributed by atoms with Gasteiger partial charge in [0.2, 0.25) is 0 Å². The molecule has 7 heteroatoms. The van der Waals surface area contributed by atoms with Crippen molar-refractivity contribution in [2.75, 3.05) is 7.05 Å². The number of amides is 1. The van der Waals surface area contributed by atoms with Gasteiger partial charge in [-0.1, -0.05) is 12.1 Å². The van der Waals surface area contributed by atoms with E-state index >= 15 is 0 Å². The van der Waals surface area contributed by atoms with Gasteiger partial charge in [-0.15, -0.1) is 11.3 Å². The predicted molar refractivity (Wildman–Crippen MR) is 112 cm³/mol. The maximum absolute atomic E-state index is 12.3. The van der Waals surface area contributed by atoms with E-state index in [0.717, 1.165) is 23.8 Å². The van der Waals surface area contributed by atoms with Crippen LogP contribution in [0.25, 0.3) is 0 Å². The average molecular weight is 397 g/mol. The zero-order valence-electron chi connectivity index (χ0n) is 16.0. The third-order valence-electron chi connectivity index (χ3n) is 4.10. The Labute approximate surface area is 168 Å². The fraction of sp³-hybridized carbons (Fsp3) is 0.238. The first kappa shape index (κ1) is 19.7. The molecule has 3 aromatic rings. The molecular formula is C21H24N4O2S. The largest absolute Gasteiger partial charge is 0.467 e. The number of furan rings is 1. The Morgan fingerprint density at radius 1 is 1.04 bits per heavy atom. The van der Waals surface area contributed by atoms with Crippen LogP contribution in [0.15, 0.2) is 64.2 Å². The number of aryl methyl sites for hydroxylation is 1. The molecule has 6 nitrogen and oxygen atoms in total. The summed E-state index contributed by atoms with van der Waals surface area (Å²) >= 11 is 1.77. The molecule has 0 atom stereocenters. The van der Waals surface area contributed by atoms with Crippen LogP contribution in [0.3, 0.4) is 0 Å². The van der Waals surface area contributed by atoms with Crippen molar-refractivity contribution in [3.63, 3.8) is 0 Å². The molecular weight excluding hydrogens is 372 g/mol. The first-order chi connectivity index (χ1) is 13.6. The molecule has 0 saturated heterocycles. The summed E-state index contributed by atoms with van der Waals surface area (Å²) in [6.07, 6.45) is 1.59. The number of carbonyl (C=O) groups excluding carboxylic acids is 1. The van der Waals surface area contributed by atoms with Gasteiger partial charge >= 0.3 is 0 Å². The van der Waals surface area contributed by atoms with Crippen LogP contribution in [0.5, 0.6) is 0 Å². The monoisotopic (exact) mass is 396 g/mol. The van der Waals surface area contributed by atoms with Crippen molar-refractivity contribution in [3.8, 4) is 0 Å². The molecule has 1 amide bonds. The number of hydrogen-bond acceptors (Lipinski definition) is 4. The van der Waals surface area contributed by atoms with Crippen molar-refractivity contribution >= 4 is 23.2 Å². The fourth-order valence-corrected chi connectivity index (χ4v) is 3.49. The van der Waals surface area contributed by atoms with Crippen LogP contribution in [0.1, 0.15) is 31.4 Å². The van der Waals surface area contributed by atoms with Gasteiger partial charge in [0.15, 0.2) is 5.96 Å². The highest BCUT2D eigenvalue weighted by atomic mass is 32.1. The maximum Gasteiger partial charge on any atom is 0.251 e. The highest BCUT2D eigenvalue weighted by Gasteiger charge is 2.07.